The maximum Gasteiger partial charge on any atom is 0.295 e. The second-order valence-corrected chi connectivity index (χ2v) is 6.26. The van der Waals surface area contributed by atoms with Crippen LogP contribution in [0.5, 0.6) is 0 Å². The van der Waals surface area contributed by atoms with Gasteiger partial charge >= 0.3 is 0 Å². The third kappa shape index (κ3) is 3.17. The van der Waals surface area contributed by atoms with E-state index in [0.29, 0.717) is 23.7 Å². The number of thioether (sulfide) groups is 1. The van der Waals surface area contributed by atoms with Crippen LogP contribution in [0.15, 0.2) is 22.6 Å². The predicted molar refractivity (Wildman–Crippen MR) is 76.7 cm³/mol. The second-order valence-electron chi connectivity index (χ2n) is 4.75. The average molecular weight is 281 g/mol. The molecule has 0 bridgehead atoms. The van der Waals surface area contributed by atoms with Crippen LogP contribution < -0.4 is 5.32 Å². The maximum atomic E-state index is 10.7. The molecule has 0 radical (unpaired) electrons. The summed E-state index contributed by atoms with van der Waals surface area (Å²) in [6.45, 7) is 4.92. The lowest BCUT2D eigenvalue weighted by atomic mass is 10.2. The average Bonchev–Trinajstić information content (AvgIpc) is 2.78. The van der Waals surface area contributed by atoms with E-state index in [1.165, 1.54) is 12.1 Å². The minimum atomic E-state index is -0.446. The van der Waals surface area contributed by atoms with Crippen molar-refractivity contribution in [2.24, 2.45) is 0 Å². The lowest BCUT2D eigenvalue weighted by molar-refractivity contribution is -0.384. The van der Waals surface area contributed by atoms with Crippen molar-refractivity contribution in [3.05, 3.63) is 28.3 Å². The van der Waals surface area contributed by atoms with E-state index in [2.05, 4.69) is 24.1 Å². The van der Waals surface area contributed by atoms with Crippen LogP contribution in [0.1, 0.15) is 13.8 Å². The van der Waals surface area contributed by atoms with Crippen molar-refractivity contribution >= 4 is 34.6 Å². The van der Waals surface area contributed by atoms with Crippen LogP contribution in [0.25, 0.3) is 11.1 Å². The number of nitrogens with zero attached hydrogens (tertiary/aromatic N) is 2. The van der Waals surface area contributed by atoms with Gasteiger partial charge in [-0.25, -0.2) is 0 Å². The highest BCUT2D eigenvalue weighted by Gasteiger charge is 2.17. The Labute approximate surface area is 114 Å². The summed E-state index contributed by atoms with van der Waals surface area (Å²) in [4.78, 5) is 14.4. The minimum absolute atomic E-state index is 0.0109. The summed E-state index contributed by atoms with van der Waals surface area (Å²) < 4.78 is 5.55. The van der Waals surface area contributed by atoms with Gasteiger partial charge in [-0.2, -0.15) is 16.7 Å². The molecule has 2 aromatic rings. The highest BCUT2D eigenvalue weighted by molar-refractivity contribution is 7.99. The summed E-state index contributed by atoms with van der Waals surface area (Å²) in [5, 5.41) is 13.8. The monoisotopic (exact) mass is 281 g/mol. The normalized spacial score (nSPS) is 11.7. The number of hydrogen-bond acceptors (Lipinski definition) is 6. The highest BCUT2D eigenvalue weighted by Crippen LogP contribution is 2.25. The molecule has 0 aliphatic carbocycles. The van der Waals surface area contributed by atoms with Crippen molar-refractivity contribution < 1.29 is 9.34 Å². The molecule has 0 fully saturated rings. The second kappa shape index (κ2) is 5.08. The first kappa shape index (κ1) is 13.7. The Bertz CT molecular complexity index is 609. The van der Waals surface area contributed by atoms with E-state index >= 15 is 0 Å². The van der Waals surface area contributed by atoms with Gasteiger partial charge in [0.05, 0.1) is 4.92 Å². The Morgan fingerprint density at radius 3 is 2.89 bits per heavy atom. The molecule has 1 heterocycles. The van der Waals surface area contributed by atoms with Crippen LogP contribution in [0.4, 0.5) is 11.7 Å². The Morgan fingerprint density at radius 1 is 1.53 bits per heavy atom. The zero-order chi connectivity index (χ0) is 14.0. The molecule has 0 spiro atoms. The summed E-state index contributed by atoms with van der Waals surface area (Å²) in [6, 6.07) is 4.76. The van der Waals surface area contributed by atoms with Gasteiger partial charge in [-0.05, 0) is 26.2 Å². The van der Waals surface area contributed by atoms with E-state index in [1.54, 1.807) is 17.8 Å². The fourth-order valence-corrected chi connectivity index (χ4v) is 1.68. The molecule has 2 rings (SSSR count). The first-order valence-corrected chi connectivity index (χ1v) is 6.98. The molecule has 0 amide bonds. The summed E-state index contributed by atoms with van der Waals surface area (Å²) in [6.07, 6.45) is 2.04. The SMILES string of the molecule is CSC(C)(C)CNc1nc2cc([N+](=O)[O-])ccc2o1. The van der Waals surface area contributed by atoms with Gasteiger partial charge in [-0.15, -0.1) is 0 Å². The zero-order valence-electron chi connectivity index (χ0n) is 11.0. The zero-order valence-corrected chi connectivity index (χ0v) is 11.8. The third-order valence-corrected chi connectivity index (χ3v) is 4.05. The number of benzene rings is 1. The number of nitro groups is 1. The van der Waals surface area contributed by atoms with Crippen molar-refractivity contribution in [2.75, 3.05) is 18.1 Å². The van der Waals surface area contributed by atoms with E-state index in [9.17, 15) is 10.1 Å². The Morgan fingerprint density at radius 2 is 2.26 bits per heavy atom. The molecule has 0 aliphatic heterocycles. The molecule has 102 valence electrons. The number of fused-ring (bicyclic) bond motifs is 1. The first-order chi connectivity index (χ1) is 8.91. The van der Waals surface area contributed by atoms with Crippen LogP contribution >= 0.6 is 11.8 Å². The molecule has 1 N–H and O–H groups in total. The minimum Gasteiger partial charge on any atom is -0.424 e. The van der Waals surface area contributed by atoms with E-state index in [1.807, 2.05) is 6.26 Å². The molecule has 0 aliphatic rings. The number of rotatable bonds is 5. The van der Waals surface area contributed by atoms with Gasteiger partial charge in [0.25, 0.3) is 11.7 Å². The Balaban J connectivity index is 2.20. The fourth-order valence-electron chi connectivity index (χ4n) is 1.47. The first-order valence-electron chi connectivity index (χ1n) is 5.75. The van der Waals surface area contributed by atoms with Crippen LogP contribution in [0.2, 0.25) is 0 Å². The van der Waals surface area contributed by atoms with E-state index in [-0.39, 0.29) is 10.4 Å². The van der Waals surface area contributed by atoms with Crippen LogP contribution in [0, 0.1) is 10.1 Å². The van der Waals surface area contributed by atoms with Crippen molar-refractivity contribution in [1.29, 1.82) is 0 Å². The largest absolute Gasteiger partial charge is 0.424 e. The molecule has 7 heteroatoms. The maximum absolute atomic E-state index is 10.7. The quantitative estimate of drug-likeness (QED) is 0.669. The van der Waals surface area contributed by atoms with Gasteiger partial charge in [0.2, 0.25) is 0 Å². The highest BCUT2D eigenvalue weighted by atomic mass is 32.2. The molecule has 0 saturated heterocycles. The topological polar surface area (TPSA) is 81.2 Å². The Hall–Kier alpha value is -1.76. The van der Waals surface area contributed by atoms with Gasteiger partial charge in [0, 0.05) is 23.4 Å². The third-order valence-electron chi connectivity index (χ3n) is 2.80. The van der Waals surface area contributed by atoms with E-state index in [4.69, 9.17) is 4.42 Å². The standard InChI is InChI=1S/C12H15N3O3S/c1-12(2,19-3)7-13-11-14-9-6-8(15(16)17)4-5-10(9)18-11/h4-6H,7H2,1-3H3,(H,13,14). The number of nitro benzene ring substituents is 1. The summed E-state index contributed by atoms with van der Waals surface area (Å²) in [7, 11) is 0. The van der Waals surface area contributed by atoms with Crippen LogP contribution in [-0.2, 0) is 0 Å². The van der Waals surface area contributed by atoms with Crippen molar-refractivity contribution in [3.8, 4) is 0 Å². The molecule has 1 aromatic heterocycles. The van der Waals surface area contributed by atoms with Gasteiger partial charge in [-0.1, -0.05) is 0 Å². The molecular formula is C12H15N3O3S. The number of non-ortho nitro benzene ring substituents is 1. The number of anilines is 1. The summed E-state index contributed by atoms with van der Waals surface area (Å²) in [5.41, 5.74) is 1.03. The molecule has 1 aromatic carbocycles. The Kier molecular flexibility index (Phi) is 3.66. The van der Waals surface area contributed by atoms with Crippen LogP contribution in [-0.4, -0.2) is 27.5 Å². The molecule has 6 nitrogen and oxygen atoms in total. The molecule has 0 unspecified atom stereocenters. The molecule has 0 saturated carbocycles. The van der Waals surface area contributed by atoms with Gasteiger partial charge in [-0.3, -0.25) is 10.1 Å². The number of nitrogens with one attached hydrogen (secondary N) is 1. The van der Waals surface area contributed by atoms with Crippen molar-refractivity contribution in [3.63, 3.8) is 0 Å². The summed E-state index contributed by atoms with van der Waals surface area (Å²) in [5.74, 6) is 0. The number of hydrogen-bond donors (Lipinski definition) is 1. The van der Waals surface area contributed by atoms with Crippen molar-refractivity contribution in [1.82, 2.24) is 4.98 Å². The summed E-state index contributed by atoms with van der Waals surface area (Å²) >= 11 is 1.74. The van der Waals surface area contributed by atoms with Gasteiger partial charge in [0.15, 0.2) is 5.58 Å². The van der Waals surface area contributed by atoms with E-state index in [0.717, 1.165) is 0 Å². The van der Waals surface area contributed by atoms with Crippen molar-refractivity contribution in [2.45, 2.75) is 18.6 Å². The lowest BCUT2D eigenvalue weighted by Gasteiger charge is -2.21. The van der Waals surface area contributed by atoms with Gasteiger partial charge in [0.1, 0.15) is 5.52 Å². The molecule has 0 atom stereocenters. The number of oxazole rings is 1. The smallest absolute Gasteiger partial charge is 0.295 e. The molecular weight excluding hydrogens is 266 g/mol. The molecule has 19 heavy (non-hydrogen) atoms. The number of aromatic nitrogens is 1. The lowest BCUT2D eigenvalue weighted by Crippen LogP contribution is -2.25. The fraction of sp³-hybridized carbons (Fsp3) is 0.417. The van der Waals surface area contributed by atoms with Gasteiger partial charge < -0.3 is 9.73 Å². The van der Waals surface area contributed by atoms with E-state index < -0.39 is 4.92 Å². The predicted octanol–water partition coefficient (Wildman–Crippen LogP) is 3.29. The van der Waals surface area contributed by atoms with Crippen LogP contribution in [0.3, 0.4) is 0 Å².